The summed E-state index contributed by atoms with van der Waals surface area (Å²) in [5, 5.41) is 10.8. The average molecular weight is 441 g/mol. The third kappa shape index (κ3) is 9.13. The number of ether oxygens (including phenoxy) is 2. The van der Waals surface area contributed by atoms with Crippen molar-refractivity contribution in [1.82, 2.24) is 0 Å². The van der Waals surface area contributed by atoms with Gasteiger partial charge in [0, 0.05) is 0 Å². The van der Waals surface area contributed by atoms with Crippen LogP contribution in [0.2, 0.25) is 0 Å². The van der Waals surface area contributed by atoms with Crippen LogP contribution >= 0.6 is 0 Å². The lowest BCUT2D eigenvalue weighted by Gasteiger charge is -2.29. The van der Waals surface area contributed by atoms with E-state index in [9.17, 15) is 9.90 Å². The Morgan fingerprint density at radius 2 is 1.38 bits per heavy atom. The van der Waals surface area contributed by atoms with Gasteiger partial charge in [-0.15, -0.1) is 0 Å². The Morgan fingerprint density at radius 1 is 0.812 bits per heavy atom. The van der Waals surface area contributed by atoms with E-state index in [0.29, 0.717) is 6.42 Å². The molecule has 0 radical (unpaired) electrons. The maximum Gasteiger partial charge on any atom is 0.338 e. The molecule has 2 aromatic rings. The fourth-order valence-electron chi connectivity index (χ4n) is 4.00. The van der Waals surface area contributed by atoms with Gasteiger partial charge in [0.25, 0.3) is 0 Å². The van der Waals surface area contributed by atoms with E-state index in [1.54, 1.807) is 0 Å². The summed E-state index contributed by atoms with van der Waals surface area (Å²) < 4.78 is 11.7. The molecule has 0 amide bonds. The SMILES string of the molecule is CC(C)C(OC(=O)[C@@H](OCc1ccccc1)[C@@H](O)CCCCCc1ccccc1)C(C)C. The van der Waals surface area contributed by atoms with Crippen LogP contribution in [0.1, 0.15) is 64.5 Å². The third-order valence-electron chi connectivity index (χ3n) is 5.73. The summed E-state index contributed by atoms with van der Waals surface area (Å²) in [5.41, 5.74) is 2.29. The van der Waals surface area contributed by atoms with Crippen LogP contribution in [-0.2, 0) is 27.3 Å². The van der Waals surface area contributed by atoms with E-state index in [0.717, 1.165) is 31.2 Å². The Bertz CT molecular complexity index is 750. The summed E-state index contributed by atoms with van der Waals surface area (Å²) in [6, 6.07) is 20.1. The summed E-state index contributed by atoms with van der Waals surface area (Å²) in [6.07, 6.45) is 2.35. The van der Waals surface area contributed by atoms with Crippen molar-refractivity contribution in [3.8, 4) is 0 Å². The first-order valence-electron chi connectivity index (χ1n) is 12.0. The fourth-order valence-corrected chi connectivity index (χ4v) is 4.00. The van der Waals surface area contributed by atoms with Crippen molar-refractivity contribution < 1.29 is 19.4 Å². The maximum absolute atomic E-state index is 13.0. The molecule has 0 aliphatic heterocycles. The first-order valence-corrected chi connectivity index (χ1v) is 12.0. The minimum atomic E-state index is -0.982. The van der Waals surface area contributed by atoms with Crippen molar-refractivity contribution in [2.45, 2.75) is 84.7 Å². The molecule has 0 heterocycles. The number of carbonyl (C=O) groups excluding carboxylic acids is 1. The highest BCUT2D eigenvalue weighted by molar-refractivity contribution is 5.75. The molecule has 0 saturated carbocycles. The zero-order valence-electron chi connectivity index (χ0n) is 20.1. The molecule has 2 aromatic carbocycles. The van der Waals surface area contributed by atoms with Crippen molar-refractivity contribution in [3.05, 3.63) is 71.8 Å². The molecule has 0 spiro atoms. The van der Waals surface area contributed by atoms with Crippen LogP contribution in [0.15, 0.2) is 60.7 Å². The number of aliphatic hydroxyl groups excluding tert-OH is 1. The van der Waals surface area contributed by atoms with Crippen LogP contribution in [-0.4, -0.2) is 29.4 Å². The normalized spacial score (nSPS) is 13.5. The Labute approximate surface area is 194 Å². The number of unbranched alkanes of at least 4 members (excludes halogenated alkanes) is 2. The minimum Gasteiger partial charge on any atom is -0.460 e. The summed E-state index contributed by atoms with van der Waals surface area (Å²) >= 11 is 0. The Balaban J connectivity index is 1.91. The van der Waals surface area contributed by atoms with E-state index < -0.39 is 18.2 Å². The van der Waals surface area contributed by atoms with Crippen molar-refractivity contribution in [2.75, 3.05) is 0 Å². The monoisotopic (exact) mass is 440 g/mol. The molecule has 2 atom stereocenters. The Morgan fingerprint density at radius 3 is 1.94 bits per heavy atom. The zero-order chi connectivity index (χ0) is 23.3. The average Bonchev–Trinajstić information content (AvgIpc) is 2.78. The van der Waals surface area contributed by atoms with Gasteiger partial charge >= 0.3 is 5.97 Å². The Kier molecular flexibility index (Phi) is 11.5. The van der Waals surface area contributed by atoms with Gasteiger partial charge in [-0.3, -0.25) is 0 Å². The van der Waals surface area contributed by atoms with Gasteiger partial charge in [-0.05, 0) is 42.2 Å². The lowest BCUT2D eigenvalue weighted by atomic mass is 9.96. The number of benzene rings is 2. The fraction of sp³-hybridized carbons (Fsp3) is 0.536. The van der Waals surface area contributed by atoms with Crippen LogP contribution in [0.3, 0.4) is 0 Å². The minimum absolute atomic E-state index is 0.198. The van der Waals surface area contributed by atoms with E-state index in [1.165, 1.54) is 5.56 Å². The molecule has 0 bridgehead atoms. The van der Waals surface area contributed by atoms with Gasteiger partial charge in [0.05, 0.1) is 12.7 Å². The van der Waals surface area contributed by atoms with Crippen LogP contribution in [0, 0.1) is 11.8 Å². The quantitative estimate of drug-likeness (QED) is 0.291. The molecule has 0 saturated heterocycles. The largest absolute Gasteiger partial charge is 0.460 e. The number of aliphatic hydroxyl groups is 1. The van der Waals surface area contributed by atoms with Gasteiger partial charge in [-0.1, -0.05) is 101 Å². The van der Waals surface area contributed by atoms with Gasteiger partial charge in [0.15, 0.2) is 6.10 Å². The molecular formula is C28H40O4. The van der Waals surface area contributed by atoms with Crippen molar-refractivity contribution in [1.29, 1.82) is 0 Å². The van der Waals surface area contributed by atoms with Gasteiger partial charge in [-0.2, -0.15) is 0 Å². The highest BCUT2D eigenvalue weighted by Crippen LogP contribution is 2.20. The number of carbonyl (C=O) groups is 1. The molecule has 0 aliphatic rings. The topological polar surface area (TPSA) is 55.8 Å². The van der Waals surface area contributed by atoms with Crippen LogP contribution in [0.5, 0.6) is 0 Å². The predicted octanol–water partition coefficient (Wildman–Crippen LogP) is 5.96. The summed E-state index contributed by atoms with van der Waals surface area (Å²) in [6.45, 7) is 8.43. The second-order valence-electron chi connectivity index (χ2n) is 9.26. The van der Waals surface area contributed by atoms with Crippen LogP contribution in [0.25, 0.3) is 0 Å². The number of esters is 1. The molecule has 0 unspecified atom stereocenters. The second-order valence-corrected chi connectivity index (χ2v) is 9.26. The molecule has 176 valence electrons. The van der Waals surface area contributed by atoms with Gasteiger partial charge in [0.2, 0.25) is 0 Å². The van der Waals surface area contributed by atoms with E-state index in [4.69, 9.17) is 9.47 Å². The van der Waals surface area contributed by atoms with Gasteiger partial charge < -0.3 is 14.6 Å². The van der Waals surface area contributed by atoms with E-state index >= 15 is 0 Å². The molecule has 0 fully saturated rings. The molecule has 2 rings (SSSR count). The zero-order valence-corrected chi connectivity index (χ0v) is 20.1. The van der Waals surface area contributed by atoms with Gasteiger partial charge in [0.1, 0.15) is 6.10 Å². The lowest BCUT2D eigenvalue weighted by Crippen LogP contribution is -2.41. The second kappa shape index (κ2) is 14.1. The molecule has 4 heteroatoms. The van der Waals surface area contributed by atoms with E-state index in [-0.39, 0.29) is 24.5 Å². The summed E-state index contributed by atoms with van der Waals surface area (Å²) in [7, 11) is 0. The van der Waals surface area contributed by atoms with Crippen molar-refractivity contribution >= 4 is 5.97 Å². The first kappa shape index (κ1) is 26.1. The third-order valence-corrected chi connectivity index (χ3v) is 5.73. The van der Waals surface area contributed by atoms with E-state index in [1.807, 2.05) is 64.1 Å². The standard InChI is InChI=1S/C28H40O4/c1-21(2)26(22(3)4)32-28(30)27(31-20-24-17-11-6-12-18-24)25(29)19-13-7-10-16-23-14-8-5-9-15-23/h5-6,8-9,11-12,14-15,17-18,21-22,25-27,29H,7,10,13,16,19-20H2,1-4H3/t25-,27-/m0/s1. The Hall–Kier alpha value is -2.17. The first-order chi connectivity index (χ1) is 15.4. The molecule has 4 nitrogen and oxygen atoms in total. The molecule has 32 heavy (non-hydrogen) atoms. The summed E-state index contributed by atoms with van der Waals surface area (Å²) in [4.78, 5) is 13.0. The number of hydrogen-bond donors (Lipinski definition) is 1. The molecular weight excluding hydrogens is 400 g/mol. The smallest absolute Gasteiger partial charge is 0.338 e. The van der Waals surface area contributed by atoms with E-state index in [2.05, 4.69) is 24.3 Å². The van der Waals surface area contributed by atoms with Gasteiger partial charge in [-0.25, -0.2) is 4.79 Å². The number of hydrogen-bond acceptors (Lipinski definition) is 4. The van der Waals surface area contributed by atoms with Crippen LogP contribution in [0.4, 0.5) is 0 Å². The maximum atomic E-state index is 13.0. The molecule has 0 aromatic heterocycles. The molecule has 0 aliphatic carbocycles. The summed E-state index contributed by atoms with van der Waals surface area (Å²) in [5.74, 6) is -0.0715. The highest BCUT2D eigenvalue weighted by Gasteiger charge is 2.32. The van der Waals surface area contributed by atoms with Crippen LogP contribution < -0.4 is 0 Å². The van der Waals surface area contributed by atoms with Crippen molar-refractivity contribution in [3.63, 3.8) is 0 Å². The lowest BCUT2D eigenvalue weighted by molar-refractivity contribution is -0.177. The number of aryl methyl sites for hydroxylation is 1. The van der Waals surface area contributed by atoms with Crippen molar-refractivity contribution in [2.24, 2.45) is 11.8 Å². The molecule has 1 N–H and O–H groups in total. The highest BCUT2D eigenvalue weighted by atomic mass is 16.6. The predicted molar refractivity (Wildman–Crippen MR) is 129 cm³/mol. The number of rotatable bonds is 14.